The quantitative estimate of drug-likeness (QED) is 0.707. The van der Waals surface area contributed by atoms with Crippen LogP contribution in [0, 0.1) is 17.8 Å². The second kappa shape index (κ2) is 4.12. The summed E-state index contributed by atoms with van der Waals surface area (Å²) in [5, 5.41) is 0. The first kappa shape index (κ1) is 10.9. The van der Waals surface area contributed by atoms with Crippen molar-refractivity contribution in [2.75, 3.05) is 0 Å². The van der Waals surface area contributed by atoms with E-state index in [4.69, 9.17) is 10.5 Å². The second-order valence-corrected chi connectivity index (χ2v) is 5.26. The normalized spacial score (nSPS) is 39.5. The minimum absolute atomic E-state index is 0.00539. The predicted molar refractivity (Wildman–Crippen MR) is 58.1 cm³/mol. The van der Waals surface area contributed by atoms with E-state index in [9.17, 15) is 4.79 Å². The third-order valence-corrected chi connectivity index (χ3v) is 3.82. The first-order valence-corrected chi connectivity index (χ1v) is 6.05. The molecule has 2 N–H and O–H groups in total. The number of nitrogens with two attached hydrogens (primary N) is 1. The molecule has 0 spiro atoms. The van der Waals surface area contributed by atoms with Crippen molar-refractivity contribution in [1.29, 1.82) is 0 Å². The number of fused-ring (bicyclic) bond motifs is 1. The zero-order chi connectivity index (χ0) is 11.0. The third-order valence-electron chi connectivity index (χ3n) is 3.82. The van der Waals surface area contributed by atoms with Gasteiger partial charge in [-0.05, 0) is 38.5 Å². The molecule has 0 radical (unpaired) electrons. The zero-order valence-electron chi connectivity index (χ0n) is 9.61. The number of carbonyl (C=O) groups excluding carboxylic acids is 1. The molecule has 3 heteroatoms. The molecule has 15 heavy (non-hydrogen) atoms. The lowest BCUT2D eigenvalue weighted by molar-refractivity contribution is -0.160. The molecule has 0 aliphatic heterocycles. The van der Waals surface area contributed by atoms with Crippen LogP contribution in [0.1, 0.15) is 39.5 Å². The van der Waals surface area contributed by atoms with E-state index in [1.54, 1.807) is 0 Å². The van der Waals surface area contributed by atoms with E-state index in [2.05, 4.69) is 0 Å². The Balaban J connectivity index is 1.98. The Bertz CT molecular complexity index is 250. The minimum atomic E-state index is -0.0187. The lowest BCUT2D eigenvalue weighted by atomic mass is 9.58. The maximum absolute atomic E-state index is 11.9. The standard InChI is InChI=1S/C12H21NO2/c1-7(2)15-12(14)9-5-3-4-8-6-10(13)11(8)9/h7-11H,3-6,13H2,1-2H3. The molecule has 4 atom stereocenters. The summed E-state index contributed by atoms with van der Waals surface area (Å²) in [6, 6.07) is 0.236. The van der Waals surface area contributed by atoms with Crippen LogP contribution in [0.3, 0.4) is 0 Å². The highest BCUT2D eigenvalue weighted by Gasteiger charge is 2.48. The molecule has 0 aromatic carbocycles. The maximum atomic E-state index is 11.9. The van der Waals surface area contributed by atoms with Crippen molar-refractivity contribution in [3.05, 3.63) is 0 Å². The van der Waals surface area contributed by atoms with E-state index < -0.39 is 0 Å². The lowest BCUT2D eigenvalue weighted by Crippen LogP contribution is -2.54. The number of esters is 1. The summed E-state index contributed by atoms with van der Waals surface area (Å²) in [5.41, 5.74) is 5.98. The first-order chi connectivity index (χ1) is 7.09. The number of rotatable bonds is 2. The molecule has 2 aliphatic rings. The van der Waals surface area contributed by atoms with Crippen LogP contribution in [-0.2, 0) is 9.53 Å². The van der Waals surface area contributed by atoms with Gasteiger partial charge in [0.05, 0.1) is 12.0 Å². The largest absolute Gasteiger partial charge is 0.463 e. The Kier molecular flexibility index (Phi) is 3.01. The highest BCUT2D eigenvalue weighted by molar-refractivity contribution is 5.73. The predicted octanol–water partition coefficient (Wildman–Crippen LogP) is 1.70. The molecule has 3 nitrogen and oxygen atoms in total. The van der Waals surface area contributed by atoms with Crippen LogP contribution >= 0.6 is 0 Å². The maximum Gasteiger partial charge on any atom is 0.309 e. The average molecular weight is 211 g/mol. The van der Waals surface area contributed by atoms with Gasteiger partial charge in [0.25, 0.3) is 0 Å². The molecule has 0 bridgehead atoms. The Morgan fingerprint density at radius 1 is 1.40 bits per heavy atom. The van der Waals surface area contributed by atoms with Gasteiger partial charge in [-0.15, -0.1) is 0 Å². The van der Waals surface area contributed by atoms with Gasteiger partial charge in [-0.2, -0.15) is 0 Å². The molecule has 0 aromatic heterocycles. The van der Waals surface area contributed by atoms with Crippen LogP contribution in [0.25, 0.3) is 0 Å². The van der Waals surface area contributed by atoms with Gasteiger partial charge in [-0.3, -0.25) is 4.79 Å². The molecule has 0 amide bonds. The molecule has 86 valence electrons. The highest BCUT2D eigenvalue weighted by Crippen LogP contribution is 2.47. The van der Waals surface area contributed by atoms with Crippen molar-refractivity contribution >= 4 is 5.97 Å². The first-order valence-electron chi connectivity index (χ1n) is 6.05. The Morgan fingerprint density at radius 3 is 2.73 bits per heavy atom. The fourth-order valence-corrected chi connectivity index (χ4v) is 3.14. The molecule has 2 fully saturated rings. The van der Waals surface area contributed by atoms with Gasteiger partial charge >= 0.3 is 5.97 Å². The molecular weight excluding hydrogens is 190 g/mol. The fraction of sp³-hybridized carbons (Fsp3) is 0.917. The van der Waals surface area contributed by atoms with Crippen LogP contribution in [0.4, 0.5) is 0 Å². The lowest BCUT2D eigenvalue weighted by Gasteiger charge is -2.49. The molecular formula is C12H21NO2. The third kappa shape index (κ3) is 2.03. The minimum Gasteiger partial charge on any atom is -0.463 e. The molecule has 2 saturated carbocycles. The monoisotopic (exact) mass is 211 g/mol. The van der Waals surface area contributed by atoms with Crippen molar-refractivity contribution in [3.63, 3.8) is 0 Å². The number of hydrogen-bond donors (Lipinski definition) is 1. The second-order valence-electron chi connectivity index (χ2n) is 5.26. The zero-order valence-corrected chi connectivity index (χ0v) is 9.61. The molecule has 4 unspecified atom stereocenters. The summed E-state index contributed by atoms with van der Waals surface area (Å²) in [4.78, 5) is 11.9. The van der Waals surface area contributed by atoms with Crippen LogP contribution < -0.4 is 5.73 Å². The number of carbonyl (C=O) groups is 1. The van der Waals surface area contributed by atoms with E-state index in [-0.39, 0.29) is 24.0 Å². The topological polar surface area (TPSA) is 52.3 Å². The van der Waals surface area contributed by atoms with E-state index in [1.165, 1.54) is 6.42 Å². The van der Waals surface area contributed by atoms with Gasteiger partial charge < -0.3 is 10.5 Å². The smallest absolute Gasteiger partial charge is 0.309 e. The van der Waals surface area contributed by atoms with Crippen molar-refractivity contribution < 1.29 is 9.53 Å². The molecule has 0 aromatic rings. The van der Waals surface area contributed by atoms with Crippen LogP contribution in [0.5, 0.6) is 0 Å². The van der Waals surface area contributed by atoms with Crippen LogP contribution in [0.2, 0.25) is 0 Å². The molecule has 2 rings (SSSR count). The molecule has 0 heterocycles. The summed E-state index contributed by atoms with van der Waals surface area (Å²) in [7, 11) is 0. The van der Waals surface area contributed by atoms with Crippen molar-refractivity contribution in [3.8, 4) is 0 Å². The van der Waals surface area contributed by atoms with Gasteiger partial charge in [0, 0.05) is 6.04 Å². The summed E-state index contributed by atoms with van der Waals surface area (Å²) in [6.45, 7) is 3.80. The SMILES string of the molecule is CC(C)OC(=O)C1CCCC2CC(N)C21. The Morgan fingerprint density at radius 2 is 2.13 bits per heavy atom. The highest BCUT2D eigenvalue weighted by atomic mass is 16.5. The van der Waals surface area contributed by atoms with E-state index in [0.717, 1.165) is 19.3 Å². The summed E-state index contributed by atoms with van der Waals surface area (Å²) >= 11 is 0. The van der Waals surface area contributed by atoms with Crippen molar-refractivity contribution in [2.45, 2.75) is 51.7 Å². The van der Waals surface area contributed by atoms with E-state index in [1.807, 2.05) is 13.8 Å². The van der Waals surface area contributed by atoms with Crippen molar-refractivity contribution in [2.24, 2.45) is 23.5 Å². The number of ether oxygens (including phenoxy) is 1. The summed E-state index contributed by atoms with van der Waals surface area (Å²) in [5.74, 6) is 1.16. The van der Waals surface area contributed by atoms with Crippen LogP contribution in [0.15, 0.2) is 0 Å². The van der Waals surface area contributed by atoms with E-state index in [0.29, 0.717) is 11.8 Å². The number of hydrogen-bond acceptors (Lipinski definition) is 3. The van der Waals surface area contributed by atoms with Gasteiger partial charge in [0.1, 0.15) is 0 Å². The average Bonchev–Trinajstić information content (AvgIpc) is 2.14. The Hall–Kier alpha value is -0.570. The van der Waals surface area contributed by atoms with E-state index >= 15 is 0 Å². The van der Waals surface area contributed by atoms with Crippen LogP contribution in [-0.4, -0.2) is 18.1 Å². The molecule has 0 saturated heterocycles. The summed E-state index contributed by atoms with van der Waals surface area (Å²) < 4.78 is 5.30. The van der Waals surface area contributed by atoms with Gasteiger partial charge in [0.15, 0.2) is 0 Å². The van der Waals surface area contributed by atoms with Gasteiger partial charge in [0.2, 0.25) is 0 Å². The van der Waals surface area contributed by atoms with Gasteiger partial charge in [-0.1, -0.05) is 12.8 Å². The fourth-order valence-electron chi connectivity index (χ4n) is 3.14. The summed E-state index contributed by atoms with van der Waals surface area (Å²) in [6.07, 6.45) is 4.49. The van der Waals surface area contributed by atoms with Gasteiger partial charge in [-0.25, -0.2) is 0 Å². The van der Waals surface area contributed by atoms with Crippen molar-refractivity contribution in [1.82, 2.24) is 0 Å². The molecule has 2 aliphatic carbocycles. The Labute approximate surface area is 91.4 Å².